The predicted molar refractivity (Wildman–Crippen MR) is 79.7 cm³/mol. The standard InChI is InChI=1S/C13H19Br2NO/c1-2-3-4-7-16-8-9-17-13-6-5-11(14)10-12(13)15/h5-6,10,16H,2-4,7-9H2,1H3. The van der Waals surface area contributed by atoms with Gasteiger partial charge in [0.15, 0.2) is 0 Å². The van der Waals surface area contributed by atoms with Crippen molar-refractivity contribution in [2.75, 3.05) is 19.7 Å². The summed E-state index contributed by atoms with van der Waals surface area (Å²) >= 11 is 6.89. The van der Waals surface area contributed by atoms with Crippen molar-refractivity contribution in [1.29, 1.82) is 0 Å². The number of benzene rings is 1. The van der Waals surface area contributed by atoms with Crippen molar-refractivity contribution < 1.29 is 4.74 Å². The van der Waals surface area contributed by atoms with Crippen LogP contribution in [0.5, 0.6) is 5.75 Å². The highest BCUT2D eigenvalue weighted by atomic mass is 79.9. The molecule has 4 heteroatoms. The summed E-state index contributed by atoms with van der Waals surface area (Å²) in [6.07, 6.45) is 3.81. The minimum Gasteiger partial charge on any atom is -0.491 e. The molecule has 1 N–H and O–H groups in total. The van der Waals surface area contributed by atoms with Gasteiger partial charge in [-0.1, -0.05) is 35.7 Å². The topological polar surface area (TPSA) is 21.3 Å². The fourth-order valence-corrected chi connectivity index (χ4v) is 2.61. The third-order valence-electron chi connectivity index (χ3n) is 2.39. The lowest BCUT2D eigenvalue weighted by Crippen LogP contribution is -2.22. The molecule has 1 aromatic rings. The van der Waals surface area contributed by atoms with Crippen LogP contribution in [-0.2, 0) is 0 Å². The molecule has 1 rings (SSSR count). The number of halogens is 2. The molecule has 0 aliphatic rings. The summed E-state index contributed by atoms with van der Waals surface area (Å²) in [5.41, 5.74) is 0. The van der Waals surface area contributed by atoms with Gasteiger partial charge in [-0.3, -0.25) is 0 Å². The zero-order valence-electron chi connectivity index (χ0n) is 10.1. The van der Waals surface area contributed by atoms with E-state index >= 15 is 0 Å². The van der Waals surface area contributed by atoms with E-state index in [2.05, 4.69) is 44.1 Å². The molecule has 0 bridgehead atoms. The molecule has 0 radical (unpaired) electrons. The zero-order valence-corrected chi connectivity index (χ0v) is 13.3. The monoisotopic (exact) mass is 363 g/mol. The minimum atomic E-state index is 0.701. The van der Waals surface area contributed by atoms with Crippen LogP contribution in [0.4, 0.5) is 0 Å². The Morgan fingerprint density at radius 2 is 2.00 bits per heavy atom. The summed E-state index contributed by atoms with van der Waals surface area (Å²) in [5, 5.41) is 3.37. The van der Waals surface area contributed by atoms with Crippen LogP contribution in [0.15, 0.2) is 27.1 Å². The quantitative estimate of drug-likeness (QED) is 0.691. The molecular weight excluding hydrogens is 346 g/mol. The van der Waals surface area contributed by atoms with Crippen LogP contribution in [0.2, 0.25) is 0 Å². The molecule has 0 amide bonds. The highest BCUT2D eigenvalue weighted by molar-refractivity contribution is 9.11. The van der Waals surface area contributed by atoms with Crippen LogP contribution >= 0.6 is 31.9 Å². The SMILES string of the molecule is CCCCCNCCOc1ccc(Br)cc1Br. The Kier molecular flexibility index (Phi) is 7.90. The van der Waals surface area contributed by atoms with Gasteiger partial charge in [-0.15, -0.1) is 0 Å². The average Bonchev–Trinajstić information content (AvgIpc) is 2.30. The van der Waals surface area contributed by atoms with E-state index in [-0.39, 0.29) is 0 Å². The number of nitrogens with one attached hydrogen (secondary N) is 1. The molecule has 0 saturated heterocycles. The van der Waals surface area contributed by atoms with E-state index in [4.69, 9.17) is 4.74 Å². The first-order valence-electron chi connectivity index (χ1n) is 6.02. The van der Waals surface area contributed by atoms with Crippen LogP contribution in [0, 0.1) is 0 Å². The number of unbranched alkanes of at least 4 members (excludes halogenated alkanes) is 2. The van der Waals surface area contributed by atoms with Gasteiger partial charge in [-0.05, 0) is 47.1 Å². The van der Waals surface area contributed by atoms with Crippen molar-refractivity contribution in [2.24, 2.45) is 0 Å². The lowest BCUT2D eigenvalue weighted by molar-refractivity contribution is 0.311. The summed E-state index contributed by atoms with van der Waals surface area (Å²) < 4.78 is 7.70. The molecule has 2 nitrogen and oxygen atoms in total. The predicted octanol–water partition coefficient (Wildman–Crippen LogP) is 4.37. The molecule has 0 aliphatic heterocycles. The maximum atomic E-state index is 5.67. The summed E-state index contributed by atoms with van der Waals surface area (Å²) in [6.45, 7) is 4.89. The molecule has 0 heterocycles. The fourth-order valence-electron chi connectivity index (χ4n) is 1.45. The normalized spacial score (nSPS) is 10.5. The van der Waals surface area contributed by atoms with E-state index < -0.39 is 0 Å². The van der Waals surface area contributed by atoms with Gasteiger partial charge >= 0.3 is 0 Å². The van der Waals surface area contributed by atoms with Gasteiger partial charge < -0.3 is 10.1 Å². The number of hydrogen-bond acceptors (Lipinski definition) is 2. The summed E-state index contributed by atoms with van der Waals surface area (Å²) in [6, 6.07) is 5.93. The van der Waals surface area contributed by atoms with Gasteiger partial charge in [0.1, 0.15) is 12.4 Å². The number of hydrogen-bond donors (Lipinski definition) is 1. The van der Waals surface area contributed by atoms with Crippen LogP contribution in [0.1, 0.15) is 26.2 Å². The second-order valence-electron chi connectivity index (χ2n) is 3.88. The van der Waals surface area contributed by atoms with Crippen molar-refractivity contribution in [2.45, 2.75) is 26.2 Å². The van der Waals surface area contributed by atoms with E-state index in [1.165, 1.54) is 19.3 Å². The Balaban J connectivity index is 2.14. The first-order chi connectivity index (χ1) is 8.24. The highest BCUT2D eigenvalue weighted by Crippen LogP contribution is 2.27. The Hall–Kier alpha value is -0.0600. The van der Waals surface area contributed by atoms with Crippen molar-refractivity contribution >= 4 is 31.9 Å². The Bertz CT molecular complexity index is 331. The molecule has 0 aromatic heterocycles. The van der Waals surface area contributed by atoms with Crippen molar-refractivity contribution in [1.82, 2.24) is 5.32 Å². The molecular formula is C13H19Br2NO. The van der Waals surface area contributed by atoms with Crippen LogP contribution < -0.4 is 10.1 Å². The second-order valence-corrected chi connectivity index (χ2v) is 5.65. The lowest BCUT2D eigenvalue weighted by atomic mass is 10.2. The Labute approximate surface area is 120 Å². The lowest BCUT2D eigenvalue weighted by Gasteiger charge is -2.09. The number of rotatable bonds is 8. The smallest absolute Gasteiger partial charge is 0.133 e. The van der Waals surface area contributed by atoms with Crippen molar-refractivity contribution in [3.8, 4) is 5.75 Å². The third kappa shape index (κ3) is 6.43. The largest absolute Gasteiger partial charge is 0.491 e. The average molecular weight is 365 g/mol. The molecule has 17 heavy (non-hydrogen) atoms. The van der Waals surface area contributed by atoms with Crippen LogP contribution in [-0.4, -0.2) is 19.7 Å². The maximum absolute atomic E-state index is 5.67. The molecule has 0 fully saturated rings. The van der Waals surface area contributed by atoms with Gasteiger partial charge in [0.2, 0.25) is 0 Å². The van der Waals surface area contributed by atoms with E-state index in [1.54, 1.807) is 0 Å². The minimum absolute atomic E-state index is 0.701. The molecule has 1 aromatic carbocycles. The first-order valence-corrected chi connectivity index (χ1v) is 7.61. The molecule has 0 atom stereocenters. The van der Waals surface area contributed by atoms with E-state index in [1.807, 2.05) is 18.2 Å². The van der Waals surface area contributed by atoms with Crippen molar-refractivity contribution in [3.05, 3.63) is 27.1 Å². The second kappa shape index (κ2) is 8.95. The Morgan fingerprint density at radius 3 is 2.71 bits per heavy atom. The van der Waals surface area contributed by atoms with Gasteiger partial charge in [-0.25, -0.2) is 0 Å². The molecule has 0 aliphatic carbocycles. The Morgan fingerprint density at radius 1 is 1.18 bits per heavy atom. The van der Waals surface area contributed by atoms with E-state index in [0.29, 0.717) is 6.61 Å². The van der Waals surface area contributed by atoms with E-state index in [0.717, 1.165) is 27.8 Å². The molecule has 0 unspecified atom stereocenters. The van der Waals surface area contributed by atoms with Crippen LogP contribution in [0.25, 0.3) is 0 Å². The molecule has 96 valence electrons. The fraction of sp³-hybridized carbons (Fsp3) is 0.538. The van der Waals surface area contributed by atoms with Gasteiger partial charge in [0, 0.05) is 11.0 Å². The molecule has 0 spiro atoms. The number of ether oxygens (including phenoxy) is 1. The van der Waals surface area contributed by atoms with E-state index in [9.17, 15) is 0 Å². The highest BCUT2D eigenvalue weighted by Gasteiger charge is 2.00. The maximum Gasteiger partial charge on any atom is 0.133 e. The van der Waals surface area contributed by atoms with Gasteiger partial charge in [0.05, 0.1) is 4.47 Å². The van der Waals surface area contributed by atoms with Gasteiger partial charge in [0.25, 0.3) is 0 Å². The zero-order chi connectivity index (χ0) is 12.5. The third-order valence-corrected chi connectivity index (χ3v) is 3.50. The summed E-state index contributed by atoms with van der Waals surface area (Å²) in [5.74, 6) is 0.892. The van der Waals surface area contributed by atoms with Gasteiger partial charge in [-0.2, -0.15) is 0 Å². The summed E-state index contributed by atoms with van der Waals surface area (Å²) in [4.78, 5) is 0. The van der Waals surface area contributed by atoms with Crippen molar-refractivity contribution in [3.63, 3.8) is 0 Å². The van der Waals surface area contributed by atoms with Crippen LogP contribution in [0.3, 0.4) is 0 Å². The first kappa shape index (κ1) is 15.0. The summed E-state index contributed by atoms with van der Waals surface area (Å²) in [7, 11) is 0. The molecule has 0 saturated carbocycles.